The van der Waals surface area contributed by atoms with E-state index in [1.165, 1.54) is 6.42 Å². The fraction of sp³-hybridized carbons (Fsp3) is 0.471. The molecule has 1 fully saturated rings. The van der Waals surface area contributed by atoms with Crippen LogP contribution < -0.4 is 0 Å². The average Bonchev–Trinajstić information content (AvgIpc) is 2.48. The van der Waals surface area contributed by atoms with Crippen LogP contribution in [0.5, 0.6) is 0 Å². The lowest BCUT2D eigenvalue weighted by atomic mass is 10.0. The van der Waals surface area contributed by atoms with Crippen LogP contribution in [0.2, 0.25) is 0 Å². The summed E-state index contributed by atoms with van der Waals surface area (Å²) in [6.45, 7) is 2.99. The normalized spacial score (nSPS) is 18.3. The zero-order valence-electron chi connectivity index (χ0n) is 11.9. The number of hydrogen-bond donors (Lipinski definition) is 1. The molecule has 1 N–H and O–H groups in total. The molecule has 2 rings (SSSR count). The maximum atomic E-state index is 12.7. The molecule has 20 heavy (non-hydrogen) atoms. The third-order valence-corrected chi connectivity index (χ3v) is 3.68. The number of aliphatic hydroxyl groups excluding tert-OH is 1. The van der Waals surface area contributed by atoms with E-state index in [0.29, 0.717) is 18.0 Å². The van der Waals surface area contributed by atoms with Crippen molar-refractivity contribution in [1.29, 1.82) is 0 Å². The molecule has 1 aliphatic heterocycles. The van der Waals surface area contributed by atoms with Crippen LogP contribution in [-0.4, -0.2) is 35.1 Å². The maximum Gasteiger partial charge on any atom is 0.255 e. The Hall–Kier alpha value is -1.79. The van der Waals surface area contributed by atoms with E-state index >= 15 is 0 Å². The molecule has 0 radical (unpaired) electrons. The van der Waals surface area contributed by atoms with Gasteiger partial charge in [0.15, 0.2) is 0 Å². The number of hydrogen-bond acceptors (Lipinski definition) is 2. The Kier molecular flexibility index (Phi) is 5.20. The Morgan fingerprint density at radius 2 is 2.20 bits per heavy atom. The Balaban J connectivity index is 2.23. The van der Waals surface area contributed by atoms with Gasteiger partial charge in [0.1, 0.15) is 0 Å². The fourth-order valence-corrected chi connectivity index (χ4v) is 2.55. The van der Waals surface area contributed by atoms with Crippen molar-refractivity contribution in [2.24, 2.45) is 0 Å². The van der Waals surface area contributed by atoms with Crippen LogP contribution in [0.15, 0.2) is 24.3 Å². The van der Waals surface area contributed by atoms with E-state index in [-0.39, 0.29) is 12.5 Å². The van der Waals surface area contributed by atoms with E-state index in [0.717, 1.165) is 24.9 Å². The Morgan fingerprint density at radius 3 is 2.95 bits per heavy atom. The molecule has 1 saturated heterocycles. The molecule has 1 aromatic rings. The predicted molar refractivity (Wildman–Crippen MR) is 79.4 cm³/mol. The molecular weight excluding hydrogens is 250 g/mol. The second-order valence-corrected chi connectivity index (χ2v) is 5.16. The van der Waals surface area contributed by atoms with Gasteiger partial charge in [0, 0.05) is 24.6 Å². The first-order valence-corrected chi connectivity index (χ1v) is 7.23. The molecule has 1 aliphatic rings. The largest absolute Gasteiger partial charge is 0.395 e. The van der Waals surface area contributed by atoms with Crippen molar-refractivity contribution in [3.05, 3.63) is 35.4 Å². The van der Waals surface area contributed by atoms with E-state index in [4.69, 9.17) is 5.11 Å². The Morgan fingerprint density at radius 1 is 1.40 bits per heavy atom. The average molecular weight is 271 g/mol. The van der Waals surface area contributed by atoms with Gasteiger partial charge in [0.25, 0.3) is 5.91 Å². The highest BCUT2D eigenvalue weighted by atomic mass is 16.2. The summed E-state index contributed by atoms with van der Waals surface area (Å²) < 4.78 is 0. The van der Waals surface area contributed by atoms with E-state index in [1.807, 2.05) is 29.2 Å². The molecule has 1 unspecified atom stereocenters. The molecule has 0 aliphatic carbocycles. The third kappa shape index (κ3) is 3.40. The van der Waals surface area contributed by atoms with Crippen molar-refractivity contribution in [3.63, 3.8) is 0 Å². The van der Waals surface area contributed by atoms with Crippen LogP contribution in [0, 0.1) is 11.8 Å². The highest BCUT2D eigenvalue weighted by Gasteiger charge is 2.25. The summed E-state index contributed by atoms with van der Waals surface area (Å²) in [5.74, 6) is 5.96. The van der Waals surface area contributed by atoms with Crippen LogP contribution in [0.3, 0.4) is 0 Å². The lowest BCUT2D eigenvalue weighted by Crippen LogP contribution is -2.42. The molecule has 1 heterocycles. The van der Waals surface area contributed by atoms with Crippen molar-refractivity contribution in [2.45, 2.75) is 38.6 Å². The lowest BCUT2D eigenvalue weighted by molar-refractivity contribution is 0.0635. The van der Waals surface area contributed by atoms with E-state index in [2.05, 4.69) is 18.8 Å². The topological polar surface area (TPSA) is 40.5 Å². The minimum Gasteiger partial charge on any atom is -0.395 e. The van der Waals surface area contributed by atoms with Gasteiger partial charge in [-0.3, -0.25) is 4.79 Å². The molecule has 0 saturated carbocycles. The second-order valence-electron chi connectivity index (χ2n) is 5.16. The maximum absolute atomic E-state index is 12.7. The fourth-order valence-electron chi connectivity index (χ4n) is 2.55. The van der Waals surface area contributed by atoms with Gasteiger partial charge in [0.05, 0.1) is 12.2 Å². The SMILES string of the molecule is CC1CCCCN1C(=O)c1ccccc1C#CCCO. The smallest absolute Gasteiger partial charge is 0.255 e. The van der Waals surface area contributed by atoms with Crippen LogP contribution in [0.1, 0.15) is 48.5 Å². The van der Waals surface area contributed by atoms with Crippen LogP contribution in [-0.2, 0) is 0 Å². The number of nitrogens with zero attached hydrogens (tertiary/aromatic N) is 1. The van der Waals surface area contributed by atoms with E-state index in [9.17, 15) is 4.79 Å². The second kappa shape index (κ2) is 7.12. The summed E-state index contributed by atoms with van der Waals surface area (Å²) >= 11 is 0. The Bertz CT molecular complexity index is 527. The number of likely N-dealkylation sites (tertiary alicyclic amines) is 1. The van der Waals surface area contributed by atoms with Gasteiger partial charge in [0.2, 0.25) is 0 Å². The zero-order valence-corrected chi connectivity index (χ0v) is 11.9. The summed E-state index contributed by atoms with van der Waals surface area (Å²) in [5, 5.41) is 8.78. The van der Waals surface area contributed by atoms with Gasteiger partial charge >= 0.3 is 0 Å². The lowest BCUT2D eigenvalue weighted by Gasteiger charge is -2.33. The van der Waals surface area contributed by atoms with Crippen molar-refractivity contribution >= 4 is 5.91 Å². The summed E-state index contributed by atoms with van der Waals surface area (Å²) in [5.41, 5.74) is 1.43. The summed E-state index contributed by atoms with van der Waals surface area (Å²) in [6.07, 6.45) is 3.78. The molecule has 0 bridgehead atoms. The molecule has 0 aromatic heterocycles. The van der Waals surface area contributed by atoms with Gasteiger partial charge in [-0.25, -0.2) is 0 Å². The number of carbonyl (C=O) groups excluding carboxylic acids is 1. The van der Waals surface area contributed by atoms with Gasteiger partial charge < -0.3 is 10.0 Å². The first-order chi connectivity index (χ1) is 9.74. The number of aliphatic hydroxyl groups is 1. The molecule has 3 nitrogen and oxygen atoms in total. The van der Waals surface area contributed by atoms with Crippen molar-refractivity contribution in [1.82, 2.24) is 4.90 Å². The van der Waals surface area contributed by atoms with E-state index in [1.54, 1.807) is 0 Å². The molecule has 106 valence electrons. The van der Waals surface area contributed by atoms with Crippen molar-refractivity contribution in [2.75, 3.05) is 13.2 Å². The summed E-state index contributed by atoms with van der Waals surface area (Å²) in [6, 6.07) is 7.77. The monoisotopic (exact) mass is 271 g/mol. The highest BCUT2D eigenvalue weighted by Crippen LogP contribution is 2.20. The molecule has 0 spiro atoms. The predicted octanol–water partition coefficient (Wildman–Crippen LogP) is 2.44. The van der Waals surface area contributed by atoms with E-state index < -0.39 is 0 Å². The molecule has 3 heteroatoms. The molecule has 1 aromatic carbocycles. The molecule has 1 amide bonds. The standard InChI is InChI=1S/C17H21NO2/c1-14-8-4-6-12-18(14)17(20)16-11-3-2-9-15(16)10-5-7-13-19/h2-3,9,11,14,19H,4,6-8,12-13H2,1H3. The first kappa shape index (κ1) is 14.6. The summed E-state index contributed by atoms with van der Waals surface area (Å²) in [4.78, 5) is 14.6. The number of carbonyl (C=O) groups is 1. The minimum atomic E-state index is 0.0479. The highest BCUT2D eigenvalue weighted by molar-refractivity contribution is 5.97. The number of piperidine rings is 1. The number of rotatable bonds is 2. The quantitative estimate of drug-likeness (QED) is 0.839. The van der Waals surface area contributed by atoms with Gasteiger partial charge in [-0.15, -0.1) is 0 Å². The van der Waals surface area contributed by atoms with Crippen LogP contribution in [0.4, 0.5) is 0 Å². The molecular formula is C17H21NO2. The van der Waals surface area contributed by atoms with Crippen molar-refractivity contribution < 1.29 is 9.90 Å². The third-order valence-electron chi connectivity index (χ3n) is 3.68. The van der Waals surface area contributed by atoms with Gasteiger partial charge in [-0.1, -0.05) is 24.0 Å². The summed E-state index contributed by atoms with van der Waals surface area (Å²) in [7, 11) is 0. The first-order valence-electron chi connectivity index (χ1n) is 7.23. The van der Waals surface area contributed by atoms with Gasteiger partial charge in [-0.05, 0) is 38.3 Å². The van der Waals surface area contributed by atoms with Gasteiger partial charge in [-0.2, -0.15) is 0 Å². The van der Waals surface area contributed by atoms with Crippen LogP contribution in [0.25, 0.3) is 0 Å². The minimum absolute atomic E-state index is 0.0479. The Labute approximate surface area is 120 Å². The zero-order chi connectivity index (χ0) is 14.4. The molecule has 1 atom stereocenters. The van der Waals surface area contributed by atoms with Crippen LogP contribution >= 0.6 is 0 Å². The van der Waals surface area contributed by atoms with Crippen molar-refractivity contribution in [3.8, 4) is 11.8 Å². The number of amides is 1. The number of benzene rings is 1.